The van der Waals surface area contributed by atoms with Gasteiger partial charge < -0.3 is 10.2 Å². The van der Waals surface area contributed by atoms with E-state index in [1.165, 1.54) is 4.88 Å². The molecule has 0 saturated carbocycles. The molecule has 2 aliphatic heterocycles. The molecule has 27 heavy (non-hydrogen) atoms. The van der Waals surface area contributed by atoms with E-state index >= 15 is 0 Å². The van der Waals surface area contributed by atoms with Crippen LogP contribution in [0.4, 0.5) is 5.13 Å². The topological polar surface area (TPSA) is 65.5 Å². The van der Waals surface area contributed by atoms with Crippen LogP contribution in [0.3, 0.4) is 0 Å². The zero-order valence-corrected chi connectivity index (χ0v) is 16.3. The minimum Gasteiger partial charge on any atom is -0.338 e. The first-order valence-corrected chi connectivity index (χ1v) is 10.3. The molecule has 2 aliphatic rings. The van der Waals surface area contributed by atoms with Gasteiger partial charge in [0.15, 0.2) is 5.13 Å². The normalized spacial score (nSPS) is 20.0. The Morgan fingerprint density at radius 1 is 1.33 bits per heavy atom. The summed E-state index contributed by atoms with van der Waals surface area (Å²) in [4.78, 5) is 34.9. The first kappa shape index (κ1) is 18.1. The highest BCUT2D eigenvalue weighted by molar-refractivity contribution is 7.15. The van der Waals surface area contributed by atoms with Crippen molar-refractivity contribution >= 4 is 28.3 Å². The smallest absolute Gasteiger partial charge is 0.231 e. The van der Waals surface area contributed by atoms with Gasteiger partial charge in [-0.2, -0.15) is 0 Å². The Bertz CT molecular complexity index is 836. The molecule has 1 atom stereocenters. The van der Waals surface area contributed by atoms with E-state index in [0.717, 1.165) is 37.3 Å². The Kier molecular flexibility index (Phi) is 5.22. The lowest BCUT2D eigenvalue weighted by Gasteiger charge is -2.23. The predicted octanol–water partition coefficient (Wildman–Crippen LogP) is 2.51. The van der Waals surface area contributed by atoms with E-state index in [0.29, 0.717) is 18.2 Å². The summed E-state index contributed by atoms with van der Waals surface area (Å²) in [5.41, 5.74) is 2.19. The van der Waals surface area contributed by atoms with Gasteiger partial charge in [0, 0.05) is 43.9 Å². The Balaban J connectivity index is 1.37. The van der Waals surface area contributed by atoms with Crippen molar-refractivity contribution in [2.75, 3.05) is 25.0 Å². The fourth-order valence-electron chi connectivity index (χ4n) is 3.68. The molecular formula is C20H24N4O2S. The van der Waals surface area contributed by atoms with Crippen LogP contribution >= 0.6 is 11.3 Å². The molecule has 7 heteroatoms. The average molecular weight is 385 g/mol. The van der Waals surface area contributed by atoms with E-state index < -0.39 is 0 Å². The molecule has 2 amide bonds. The van der Waals surface area contributed by atoms with Crippen LogP contribution in [0.25, 0.3) is 0 Å². The zero-order chi connectivity index (χ0) is 18.8. The molecule has 1 aromatic heterocycles. The highest BCUT2D eigenvalue weighted by atomic mass is 32.1. The van der Waals surface area contributed by atoms with Crippen LogP contribution in [0.2, 0.25) is 0 Å². The number of nitrogens with one attached hydrogen (secondary N) is 1. The van der Waals surface area contributed by atoms with Crippen molar-refractivity contribution in [2.24, 2.45) is 5.92 Å². The molecular weight excluding hydrogens is 360 g/mol. The summed E-state index contributed by atoms with van der Waals surface area (Å²) in [6.45, 7) is 6.14. The van der Waals surface area contributed by atoms with Crippen molar-refractivity contribution in [1.29, 1.82) is 0 Å². The fraction of sp³-hybridized carbons (Fsp3) is 0.450. The van der Waals surface area contributed by atoms with Gasteiger partial charge in [-0.05, 0) is 12.1 Å². The number of aromatic nitrogens is 1. The van der Waals surface area contributed by atoms with Gasteiger partial charge in [0.2, 0.25) is 11.8 Å². The highest BCUT2D eigenvalue weighted by Crippen LogP contribution is 2.29. The first-order chi connectivity index (χ1) is 13.1. The molecule has 0 bridgehead atoms. The minimum absolute atomic E-state index is 0.0380. The number of anilines is 1. The Morgan fingerprint density at radius 3 is 2.93 bits per heavy atom. The summed E-state index contributed by atoms with van der Waals surface area (Å²) in [6, 6.07) is 9.88. The van der Waals surface area contributed by atoms with Crippen LogP contribution in [-0.2, 0) is 29.1 Å². The second-order valence-corrected chi connectivity index (χ2v) is 8.24. The minimum atomic E-state index is -0.311. The van der Waals surface area contributed by atoms with Crippen molar-refractivity contribution < 1.29 is 9.59 Å². The number of carbonyl (C=O) groups is 2. The summed E-state index contributed by atoms with van der Waals surface area (Å²) < 4.78 is 0. The molecule has 4 rings (SSSR count). The number of benzene rings is 1. The van der Waals surface area contributed by atoms with Gasteiger partial charge in [-0.3, -0.25) is 14.5 Å². The molecule has 1 aromatic carbocycles. The first-order valence-electron chi connectivity index (χ1n) is 9.46. The van der Waals surface area contributed by atoms with E-state index in [1.54, 1.807) is 16.2 Å². The second kappa shape index (κ2) is 7.78. The number of thiazole rings is 1. The van der Waals surface area contributed by atoms with Crippen molar-refractivity contribution in [3.05, 3.63) is 46.5 Å². The summed E-state index contributed by atoms with van der Waals surface area (Å²) in [5.74, 6) is -0.373. The molecule has 0 spiro atoms. The SMILES string of the molecule is CCN1CCc2nc(NC(=O)C3CC(=O)N(Cc4ccccc4)C3)sc2C1. The van der Waals surface area contributed by atoms with Crippen LogP contribution in [-0.4, -0.2) is 46.2 Å². The van der Waals surface area contributed by atoms with E-state index in [4.69, 9.17) is 0 Å². The molecule has 0 radical (unpaired) electrons. The van der Waals surface area contributed by atoms with Crippen molar-refractivity contribution in [1.82, 2.24) is 14.8 Å². The van der Waals surface area contributed by atoms with E-state index in [2.05, 4.69) is 22.1 Å². The molecule has 1 fully saturated rings. The van der Waals surface area contributed by atoms with Gasteiger partial charge >= 0.3 is 0 Å². The molecule has 2 aromatic rings. The van der Waals surface area contributed by atoms with Crippen LogP contribution in [0, 0.1) is 5.92 Å². The van der Waals surface area contributed by atoms with Crippen LogP contribution in [0.1, 0.15) is 29.5 Å². The van der Waals surface area contributed by atoms with Crippen molar-refractivity contribution in [2.45, 2.75) is 32.9 Å². The third kappa shape index (κ3) is 4.04. The maximum absolute atomic E-state index is 12.7. The van der Waals surface area contributed by atoms with Crippen LogP contribution in [0.5, 0.6) is 0 Å². The maximum atomic E-state index is 12.7. The number of rotatable bonds is 5. The van der Waals surface area contributed by atoms with E-state index in [-0.39, 0.29) is 24.2 Å². The number of carbonyl (C=O) groups excluding carboxylic acids is 2. The van der Waals surface area contributed by atoms with Crippen molar-refractivity contribution in [3.8, 4) is 0 Å². The van der Waals surface area contributed by atoms with Gasteiger partial charge in [0.25, 0.3) is 0 Å². The number of hydrogen-bond acceptors (Lipinski definition) is 5. The Hall–Kier alpha value is -2.25. The number of fused-ring (bicyclic) bond motifs is 1. The Morgan fingerprint density at radius 2 is 2.15 bits per heavy atom. The molecule has 142 valence electrons. The molecule has 1 saturated heterocycles. The summed E-state index contributed by atoms with van der Waals surface area (Å²) in [6.07, 6.45) is 1.20. The van der Waals surface area contributed by atoms with Crippen molar-refractivity contribution in [3.63, 3.8) is 0 Å². The quantitative estimate of drug-likeness (QED) is 0.860. The van der Waals surface area contributed by atoms with Crippen LogP contribution in [0.15, 0.2) is 30.3 Å². The molecule has 0 aliphatic carbocycles. The third-order valence-corrected chi connectivity index (χ3v) is 6.29. The fourth-order valence-corrected chi connectivity index (χ4v) is 4.74. The second-order valence-electron chi connectivity index (χ2n) is 7.16. The number of likely N-dealkylation sites (tertiary alicyclic amines) is 1. The summed E-state index contributed by atoms with van der Waals surface area (Å²) in [5, 5.41) is 3.61. The zero-order valence-electron chi connectivity index (χ0n) is 15.5. The Labute approximate surface area is 163 Å². The van der Waals surface area contributed by atoms with E-state index in [1.807, 2.05) is 30.3 Å². The lowest BCUT2D eigenvalue weighted by atomic mass is 10.1. The standard InChI is InChI=1S/C20H24N4O2S/c1-2-23-9-8-16-17(13-23)27-20(21-16)22-19(26)15-10-18(25)24(12-15)11-14-6-4-3-5-7-14/h3-7,15H,2,8-13H2,1H3,(H,21,22,26). The lowest BCUT2D eigenvalue weighted by Crippen LogP contribution is -2.29. The van der Waals surface area contributed by atoms with Gasteiger partial charge in [0.1, 0.15) is 0 Å². The van der Waals surface area contributed by atoms with Crippen LogP contribution < -0.4 is 5.32 Å². The molecule has 1 unspecified atom stereocenters. The molecule has 6 nitrogen and oxygen atoms in total. The van der Waals surface area contributed by atoms with Gasteiger partial charge in [0.05, 0.1) is 11.6 Å². The predicted molar refractivity (Wildman–Crippen MR) is 105 cm³/mol. The maximum Gasteiger partial charge on any atom is 0.231 e. The highest BCUT2D eigenvalue weighted by Gasteiger charge is 2.34. The number of nitrogens with zero attached hydrogens (tertiary/aromatic N) is 3. The van der Waals surface area contributed by atoms with Gasteiger partial charge in [-0.15, -0.1) is 11.3 Å². The van der Waals surface area contributed by atoms with E-state index in [9.17, 15) is 9.59 Å². The largest absolute Gasteiger partial charge is 0.338 e. The average Bonchev–Trinajstić information content (AvgIpc) is 3.25. The molecule has 1 N–H and O–H groups in total. The lowest BCUT2D eigenvalue weighted by molar-refractivity contribution is -0.128. The van der Waals surface area contributed by atoms with Gasteiger partial charge in [-0.25, -0.2) is 4.98 Å². The third-order valence-electron chi connectivity index (χ3n) is 5.29. The monoisotopic (exact) mass is 384 g/mol. The molecule has 3 heterocycles. The van der Waals surface area contributed by atoms with Gasteiger partial charge in [-0.1, -0.05) is 37.3 Å². The summed E-state index contributed by atoms with van der Waals surface area (Å²) in [7, 11) is 0. The number of likely N-dealkylation sites (N-methyl/N-ethyl adjacent to an activating group) is 1. The number of hydrogen-bond donors (Lipinski definition) is 1. The summed E-state index contributed by atoms with van der Waals surface area (Å²) >= 11 is 1.56. The number of amides is 2.